The Morgan fingerprint density at radius 1 is 1.16 bits per heavy atom. The average molecular weight is 435 g/mol. The van der Waals surface area contributed by atoms with E-state index in [4.69, 9.17) is 10.5 Å². The van der Waals surface area contributed by atoms with Crippen molar-refractivity contribution in [3.8, 4) is 0 Å². The van der Waals surface area contributed by atoms with E-state index in [1.165, 1.54) is 18.2 Å². The van der Waals surface area contributed by atoms with Gasteiger partial charge in [0, 0.05) is 37.8 Å². The van der Waals surface area contributed by atoms with E-state index in [1.807, 2.05) is 55.5 Å². The maximum atomic E-state index is 12.1. The number of hydrogen-bond acceptors (Lipinski definition) is 7. The molecule has 0 saturated heterocycles. The van der Waals surface area contributed by atoms with Gasteiger partial charge in [0.2, 0.25) is 5.95 Å². The molecule has 0 fully saturated rings. The third-order valence-electron chi connectivity index (χ3n) is 4.84. The van der Waals surface area contributed by atoms with Crippen LogP contribution in [0.25, 0.3) is 0 Å². The Labute approximate surface area is 186 Å². The lowest BCUT2D eigenvalue weighted by molar-refractivity contribution is -0.121. The highest BCUT2D eigenvalue weighted by Crippen LogP contribution is 2.24. The van der Waals surface area contributed by atoms with Gasteiger partial charge in [0.05, 0.1) is 5.56 Å². The van der Waals surface area contributed by atoms with E-state index in [2.05, 4.69) is 20.6 Å². The number of primary amides is 1. The lowest BCUT2D eigenvalue weighted by Crippen LogP contribution is -2.29. The van der Waals surface area contributed by atoms with Crippen molar-refractivity contribution in [2.75, 3.05) is 36.3 Å². The Morgan fingerprint density at radius 2 is 1.91 bits per heavy atom. The smallest absolute Gasteiger partial charge is 0.254 e. The number of carbonyl (C=O) groups excluding carboxylic acids is 2. The molecule has 9 heteroatoms. The molecule has 32 heavy (non-hydrogen) atoms. The number of aromatic nitrogens is 2. The minimum atomic E-state index is -0.625. The highest BCUT2D eigenvalue weighted by Gasteiger charge is 2.16. The third-order valence-corrected chi connectivity index (χ3v) is 4.84. The van der Waals surface area contributed by atoms with Crippen molar-refractivity contribution in [3.63, 3.8) is 0 Å². The topological polar surface area (TPSA) is 122 Å². The van der Waals surface area contributed by atoms with Crippen molar-refractivity contribution in [1.82, 2.24) is 9.97 Å². The Morgan fingerprint density at radius 3 is 2.59 bits per heavy atom. The van der Waals surface area contributed by atoms with E-state index in [0.717, 1.165) is 5.56 Å². The fourth-order valence-electron chi connectivity index (χ4n) is 3.05. The number of nitrogens with one attached hydrogen (secondary N) is 2. The number of likely N-dealkylation sites (N-methyl/N-ethyl adjacent to an activating group) is 1. The molecule has 0 aliphatic heterocycles. The Balaban J connectivity index is 1.83. The first kappa shape index (κ1) is 22.7. The van der Waals surface area contributed by atoms with Crippen LogP contribution < -0.4 is 21.3 Å². The van der Waals surface area contributed by atoms with Crippen molar-refractivity contribution in [1.29, 1.82) is 0 Å². The molecule has 4 N–H and O–H groups in total. The van der Waals surface area contributed by atoms with E-state index in [0.29, 0.717) is 17.2 Å². The van der Waals surface area contributed by atoms with E-state index in [9.17, 15) is 9.59 Å². The van der Waals surface area contributed by atoms with Crippen LogP contribution in [0.2, 0.25) is 0 Å². The summed E-state index contributed by atoms with van der Waals surface area (Å²) in [7, 11) is 3.15. The number of methoxy groups -OCH3 is 1. The van der Waals surface area contributed by atoms with Crippen LogP contribution in [-0.2, 0) is 9.53 Å². The first-order valence-electron chi connectivity index (χ1n) is 10.00. The molecule has 2 aromatic carbocycles. The molecule has 2 amide bonds. The molecule has 0 bridgehead atoms. The van der Waals surface area contributed by atoms with Gasteiger partial charge in [-0.1, -0.05) is 36.4 Å². The van der Waals surface area contributed by atoms with Crippen LogP contribution in [-0.4, -0.2) is 42.5 Å². The summed E-state index contributed by atoms with van der Waals surface area (Å²) in [6, 6.07) is 16.9. The van der Waals surface area contributed by atoms with Crippen LogP contribution in [0.4, 0.5) is 23.1 Å². The number of hydrogen-bond donors (Lipinski definition) is 3. The second kappa shape index (κ2) is 10.4. The number of nitrogens with two attached hydrogens (primary N) is 1. The number of nitrogens with zero attached hydrogens (tertiary/aromatic N) is 3. The SMILES string of the molecule is COCC(=O)N(C)c1cccc(Nc2ncc(C(N)=O)c(N[C@H](C)c3ccccc3)n2)c1. The molecular formula is C23H26N6O3. The lowest BCUT2D eigenvalue weighted by Gasteiger charge is -2.19. The van der Waals surface area contributed by atoms with Gasteiger partial charge < -0.3 is 26.0 Å². The minimum absolute atomic E-state index is 0.0134. The number of amides is 2. The summed E-state index contributed by atoms with van der Waals surface area (Å²) in [5.41, 5.74) is 8.09. The third kappa shape index (κ3) is 5.58. The predicted octanol–water partition coefficient (Wildman–Crippen LogP) is 3.10. The van der Waals surface area contributed by atoms with Crippen molar-refractivity contribution < 1.29 is 14.3 Å². The molecule has 0 unspecified atom stereocenters. The second-order valence-corrected chi connectivity index (χ2v) is 7.16. The van der Waals surface area contributed by atoms with Gasteiger partial charge in [-0.05, 0) is 30.7 Å². The molecule has 0 aliphatic carbocycles. The standard InChI is InChI=1S/C23H26N6O3/c1-15(16-8-5-4-6-9-16)26-22-19(21(24)31)13-25-23(28-22)27-17-10-7-11-18(12-17)29(2)20(30)14-32-3/h4-13,15H,14H2,1-3H3,(H2,24,31)(H2,25,26,27,28)/t15-/m1/s1. The number of ether oxygens (including phenoxy) is 1. The monoisotopic (exact) mass is 434 g/mol. The zero-order valence-electron chi connectivity index (χ0n) is 18.2. The predicted molar refractivity (Wildman–Crippen MR) is 124 cm³/mol. The zero-order chi connectivity index (χ0) is 23.1. The van der Waals surface area contributed by atoms with E-state index >= 15 is 0 Å². The number of carbonyl (C=O) groups is 2. The molecule has 0 radical (unpaired) electrons. The number of anilines is 4. The fourth-order valence-corrected chi connectivity index (χ4v) is 3.05. The Bertz CT molecular complexity index is 1090. The quantitative estimate of drug-likeness (QED) is 0.473. The average Bonchev–Trinajstić information content (AvgIpc) is 2.79. The van der Waals surface area contributed by atoms with Crippen LogP contribution >= 0.6 is 0 Å². The highest BCUT2D eigenvalue weighted by molar-refractivity contribution is 5.97. The summed E-state index contributed by atoms with van der Waals surface area (Å²) in [6.07, 6.45) is 1.38. The van der Waals surface area contributed by atoms with Crippen LogP contribution in [0.1, 0.15) is 28.9 Å². The highest BCUT2D eigenvalue weighted by atomic mass is 16.5. The van der Waals surface area contributed by atoms with Crippen LogP contribution in [0, 0.1) is 0 Å². The molecule has 166 valence electrons. The molecule has 1 heterocycles. The van der Waals surface area contributed by atoms with E-state index < -0.39 is 5.91 Å². The zero-order valence-corrected chi connectivity index (χ0v) is 18.2. The van der Waals surface area contributed by atoms with Crippen molar-refractivity contribution in [2.24, 2.45) is 5.73 Å². The van der Waals surface area contributed by atoms with Gasteiger partial charge in [0.15, 0.2) is 0 Å². The Hall–Kier alpha value is -3.98. The number of benzene rings is 2. The molecule has 1 aromatic heterocycles. The molecule has 3 rings (SSSR count). The Kier molecular flexibility index (Phi) is 7.35. The molecule has 3 aromatic rings. The van der Waals surface area contributed by atoms with Gasteiger partial charge in [-0.2, -0.15) is 4.98 Å². The second-order valence-electron chi connectivity index (χ2n) is 7.16. The normalized spacial score (nSPS) is 11.5. The van der Waals surface area contributed by atoms with Crippen molar-refractivity contribution >= 4 is 35.0 Å². The van der Waals surface area contributed by atoms with Crippen molar-refractivity contribution in [2.45, 2.75) is 13.0 Å². The molecule has 1 atom stereocenters. The fraction of sp³-hybridized carbons (Fsp3) is 0.217. The number of rotatable bonds is 9. The van der Waals surface area contributed by atoms with Gasteiger partial charge in [-0.3, -0.25) is 9.59 Å². The maximum absolute atomic E-state index is 12.1. The van der Waals surface area contributed by atoms with Gasteiger partial charge >= 0.3 is 0 Å². The summed E-state index contributed by atoms with van der Waals surface area (Å²) in [6.45, 7) is 1.95. The maximum Gasteiger partial charge on any atom is 0.254 e. The molecule has 0 aliphatic rings. The van der Waals surface area contributed by atoms with Crippen LogP contribution in [0.3, 0.4) is 0 Å². The van der Waals surface area contributed by atoms with E-state index in [1.54, 1.807) is 13.1 Å². The molecular weight excluding hydrogens is 408 g/mol. The lowest BCUT2D eigenvalue weighted by atomic mass is 10.1. The summed E-state index contributed by atoms with van der Waals surface area (Å²) in [5.74, 6) is -0.191. The summed E-state index contributed by atoms with van der Waals surface area (Å²) >= 11 is 0. The van der Waals surface area contributed by atoms with Crippen LogP contribution in [0.15, 0.2) is 60.8 Å². The van der Waals surface area contributed by atoms with Crippen LogP contribution in [0.5, 0.6) is 0 Å². The van der Waals surface area contributed by atoms with Gasteiger partial charge in [-0.15, -0.1) is 0 Å². The van der Waals surface area contributed by atoms with Gasteiger partial charge in [-0.25, -0.2) is 4.98 Å². The minimum Gasteiger partial charge on any atom is -0.375 e. The van der Waals surface area contributed by atoms with Gasteiger partial charge in [0.25, 0.3) is 11.8 Å². The summed E-state index contributed by atoms with van der Waals surface area (Å²) in [5, 5.41) is 6.34. The molecule has 0 saturated carbocycles. The van der Waals surface area contributed by atoms with Crippen molar-refractivity contribution in [3.05, 3.63) is 71.9 Å². The molecule has 0 spiro atoms. The summed E-state index contributed by atoms with van der Waals surface area (Å²) < 4.78 is 4.91. The first-order chi connectivity index (χ1) is 15.4. The van der Waals surface area contributed by atoms with E-state index in [-0.39, 0.29) is 30.1 Å². The summed E-state index contributed by atoms with van der Waals surface area (Å²) in [4.78, 5) is 34.1. The molecule has 9 nitrogen and oxygen atoms in total. The van der Waals surface area contributed by atoms with Gasteiger partial charge in [0.1, 0.15) is 12.4 Å². The first-order valence-corrected chi connectivity index (χ1v) is 10.00. The largest absolute Gasteiger partial charge is 0.375 e.